The van der Waals surface area contributed by atoms with E-state index in [1.165, 1.54) is 0 Å². The van der Waals surface area contributed by atoms with Gasteiger partial charge in [-0.2, -0.15) is 0 Å². The molecule has 2 aromatic rings. The van der Waals surface area contributed by atoms with Gasteiger partial charge >= 0.3 is 0 Å². The Bertz CT molecular complexity index is 682. The Morgan fingerprint density at radius 1 is 1.00 bits per heavy atom. The van der Waals surface area contributed by atoms with E-state index in [1.807, 2.05) is 0 Å². The first-order chi connectivity index (χ1) is 9.25. The van der Waals surface area contributed by atoms with Crippen LogP contribution in [0.3, 0.4) is 0 Å². The van der Waals surface area contributed by atoms with E-state index in [0.717, 1.165) is 6.07 Å². The topological polar surface area (TPSA) is 17.1 Å². The van der Waals surface area contributed by atoms with Gasteiger partial charge in [-0.05, 0) is 22.0 Å². The number of carbonyl (C=O) groups excluding carboxylic acids is 1. The minimum atomic E-state index is -2.32. The Labute approximate surface area is 126 Å². The summed E-state index contributed by atoms with van der Waals surface area (Å²) in [5.74, 6) is -12.3. The molecular weight excluding hydrogens is 391 g/mol. The maximum atomic E-state index is 13.5. The SMILES string of the molecule is O=C(c1cc(Br)c(Cl)s1)c1c(F)c(F)c(F)c(F)c1F. The first-order valence-corrected chi connectivity index (χ1v) is 6.75. The summed E-state index contributed by atoms with van der Waals surface area (Å²) in [4.78, 5) is 11.6. The molecule has 0 spiro atoms. The largest absolute Gasteiger partial charge is 0.287 e. The molecule has 0 amide bonds. The molecule has 106 valence electrons. The van der Waals surface area contributed by atoms with Crippen molar-refractivity contribution in [2.24, 2.45) is 0 Å². The van der Waals surface area contributed by atoms with E-state index in [4.69, 9.17) is 11.6 Å². The van der Waals surface area contributed by atoms with Gasteiger partial charge in [0.2, 0.25) is 11.6 Å². The predicted molar refractivity (Wildman–Crippen MR) is 66.7 cm³/mol. The van der Waals surface area contributed by atoms with E-state index < -0.39 is 40.4 Å². The lowest BCUT2D eigenvalue weighted by molar-refractivity contribution is 0.103. The van der Waals surface area contributed by atoms with Crippen LogP contribution >= 0.6 is 38.9 Å². The number of rotatable bonds is 2. The fourth-order valence-electron chi connectivity index (χ4n) is 1.39. The molecule has 0 aliphatic rings. The first kappa shape index (κ1) is 15.4. The number of ketones is 1. The van der Waals surface area contributed by atoms with Crippen LogP contribution in [0.25, 0.3) is 0 Å². The molecule has 1 nitrogen and oxygen atoms in total. The number of halogens is 7. The number of hydrogen-bond acceptors (Lipinski definition) is 2. The van der Waals surface area contributed by atoms with Crippen molar-refractivity contribution in [1.82, 2.24) is 0 Å². The van der Waals surface area contributed by atoms with Crippen molar-refractivity contribution in [3.05, 3.63) is 54.4 Å². The molecule has 0 radical (unpaired) electrons. The zero-order valence-corrected chi connectivity index (χ0v) is 12.2. The van der Waals surface area contributed by atoms with Crippen molar-refractivity contribution in [2.45, 2.75) is 0 Å². The summed E-state index contributed by atoms with van der Waals surface area (Å²) in [5.41, 5.74) is -1.51. The van der Waals surface area contributed by atoms with E-state index in [2.05, 4.69) is 15.9 Å². The monoisotopic (exact) mass is 390 g/mol. The summed E-state index contributed by atoms with van der Waals surface area (Å²) < 4.78 is 66.2. The fraction of sp³-hybridized carbons (Fsp3) is 0. The second kappa shape index (κ2) is 5.42. The Hall–Kier alpha value is -0.990. The smallest absolute Gasteiger partial charge is 0.209 e. The molecule has 0 saturated carbocycles. The van der Waals surface area contributed by atoms with Crippen molar-refractivity contribution in [3.8, 4) is 0 Å². The molecule has 0 aliphatic carbocycles. The average molecular weight is 392 g/mol. The van der Waals surface area contributed by atoms with Gasteiger partial charge in [-0.1, -0.05) is 11.6 Å². The van der Waals surface area contributed by atoms with Crippen LogP contribution in [0.2, 0.25) is 4.34 Å². The molecule has 20 heavy (non-hydrogen) atoms. The van der Waals surface area contributed by atoms with E-state index in [1.54, 1.807) is 0 Å². The van der Waals surface area contributed by atoms with E-state index >= 15 is 0 Å². The second-order valence-electron chi connectivity index (χ2n) is 3.51. The number of thiophene rings is 1. The molecule has 0 aliphatic heterocycles. The summed E-state index contributed by atoms with van der Waals surface area (Å²) in [5, 5.41) is 0. The molecule has 9 heteroatoms. The van der Waals surface area contributed by atoms with E-state index in [-0.39, 0.29) is 13.7 Å². The van der Waals surface area contributed by atoms with Crippen LogP contribution in [0.5, 0.6) is 0 Å². The van der Waals surface area contributed by atoms with Gasteiger partial charge in [0.1, 0.15) is 9.90 Å². The molecule has 0 saturated heterocycles. The van der Waals surface area contributed by atoms with Gasteiger partial charge < -0.3 is 0 Å². The molecule has 0 unspecified atom stereocenters. The zero-order chi connectivity index (χ0) is 15.2. The molecule has 1 aromatic carbocycles. The van der Waals surface area contributed by atoms with Gasteiger partial charge in [-0.3, -0.25) is 4.79 Å². The number of hydrogen-bond donors (Lipinski definition) is 0. The van der Waals surface area contributed by atoms with Crippen LogP contribution in [-0.4, -0.2) is 5.78 Å². The van der Waals surface area contributed by atoms with Crippen molar-refractivity contribution in [3.63, 3.8) is 0 Å². The molecule has 0 fully saturated rings. The van der Waals surface area contributed by atoms with Gasteiger partial charge in [0.05, 0.1) is 4.88 Å². The zero-order valence-electron chi connectivity index (χ0n) is 9.04. The minimum Gasteiger partial charge on any atom is -0.287 e. The molecule has 0 atom stereocenters. The summed E-state index contributed by atoms with van der Waals surface area (Å²) in [6, 6.07) is 1.13. The van der Waals surface area contributed by atoms with Crippen LogP contribution in [0, 0.1) is 29.1 Å². The van der Waals surface area contributed by atoms with E-state index in [0.29, 0.717) is 11.3 Å². The lowest BCUT2D eigenvalue weighted by Crippen LogP contribution is -2.12. The highest BCUT2D eigenvalue weighted by molar-refractivity contribution is 9.10. The van der Waals surface area contributed by atoms with Crippen molar-refractivity contribution in [2.75, 3.05) is 0 Å². The minimum absolute atomic E-state index is 0.109. The Morgan fingerprint density at radius 2 is 1.45 bits per heavy atom. The summed E-state index contributed by atoms with van der Waals surface area (Å²) in [6.07, 6.45) is 0. The standard InChI is InChI=1S/C11HBrClF5OS/c12-2-1-3(20-11(2)13)10(19)4-5(14)7(16)9(18)8(17)6(4)15/h1H. The van der Waals surface area contributed by atoms with Crippen LogP contribution < -0.4 is 0 Å². The lowest BCUT2D eigenvalue weighted by Gasteiger charge is -2.06. The first-order valence-electron chi connectivity index (χ1n) is 4.76. The Balaban J connectivity index is 2.67. The third-order valence-corrected chi connectivity index (χ3v) is 4.78. The highest BCUT2D eigenvalue weighted by Crippen LogP contribution is 2.34. The third kappa shape index (κ3) is 2.36. The van der Waals surface area contributed by atoms with Crippen molar-refractivity contribution < 1.29 is 26.7 Å². The summed E-state index contributed by atoms with van der Waals surface area (Å²) >= 11 is 9.26. The molecule has 0 N–H and O–H groups in total. The Kier molecular flexibility index (Phi) is 4.17. The van der Waals surface area contributed by atoms with Crippen LogP contribution in [0.4, 0.5) is 22.0 Å². The van der Waals surface area contributed by atoms with Gasteiger partial charge in [-0.15, -0.1) is 11.3 Å². The number of carbonyl (C=O) groups is 1. The summed E-state index contributed by atoms with van der Waals surface area (Å²) in [7, 11) is 0. The van der Waals surface area contributed by atoms with Crippen LogP contribution in [-0.2, 0) is 0 Å². The highest BCUT2D eigenvalue weighted by atomic mass is 79.9. The van der Waals surface area contributed by atoms with Gasteiger partial charge in [0.25, 0.3) is 0 Å². The average Bonchev–Trinajstić information content (AvgIpc) is 2.74. The number of benzene rings is 1. The lowest BCUT2D eigenvalue weighted by atomic mass is 10.1. The molecule has 0 bridgehead atoms. The van der Waals surface area contributed by atoms with Crippen molar-refractivity contribution in [1.29, 1.82) is 0 Å². The normalized spacial score (nSPS) is 10.9. The molecule has 1 heterocycles. The van der Waals surface area contributed by atoms with Crippen LogP contribution in [0.15, 0.2) is 10.5 Å². The summed E-state index contributed by atoms with van der Waals surface area (Å²) in [6.45, 7) is 0. The second-order valence-corrected chi connectivity index (χ2v) is 6.01. The molecule has 1 aromatic heterocycles. The maximum Gasteiger partial charge on any atom is 0.209 e. The predicted octanol–water partition coefficient (Wildman–Crippen LogP) is 5.09. The highest BCUT2D eigenvalue weighted by Gasteiger charge is 2.31. The molecular formula is C11HBrClF5OS. The van der Waals surface area contributed by atoms with Gasteiger partial charge in [-0.25, -0.2) is 22.0 Å². The third-order valence-electron chi connectivity index (χ3n) is 2.31. The van der Waals surface area contributed by atoms with Gasteiger partial charge in [0.15, 0.2) is 23.3 Å². The van der Waals surface area contributed by atoms with Crippen LogP contribution in [0.1, 0.15) is 15.2 Å². The Morgan fingerprint density at radius 3 is 1.85 bits per heavy atom. The quantitative estimate of drug-likeness (QED) is 0.302. The van der Waals surface area contributed by atoms with Gasteiger partial charge in [0, 0.05) is 4.47 Å². The maximum absolute atomic E-state index is 13.5. The van der Waals surface area contributed by atoms with Crippen molar-refractivity contribution >= 4 is 44.7 Å². The molecule has 2 rings (SSSR count). The fourth-order valence-corrected chi connectivity index (χ4v) is 3.03. The van der Waals surface area contributed by atoms with E-state index in [9.17, 15) is 26.7 Å².